The second-order valence-corrected chi connectivity index (χ2v) is 9.90. The molecular formula is C28H30F6O2. The molecule has 196 valence electrons. The highest BCUT2D eigenvalue weighted by molar-refractivity contribution is 5.86. The maximum absolute atomic E-state index is 14.9. The molecule has 0 atom stereocenters. The summed E-state index contributed by atoms with van der Waals surface area (Å²) in [6.45, 7) is 3.59. The van der Waals surface area contributed by atoms with E-state index in [-0.39, 0.29) is 23.5 Å². The van der Waals surface area contributed by atoms with Gasteiger partial charge in [0, 0.05) is 17.8 Å². The Bertz CT molecular complexity index is 1120. The van der Waals surface area contributed by atoms with Crippen LogP contribution in [0.5, 0.6) is 0 Å². The van der Waals surface area contributed by atoms with Crippen LogP contribution < -0.4 is 0 Å². The molecule has 1 heterocycles. The van der Waals surface area contributed by atoms with E-state index in [0.717, 1.165) is 44.1 Å². The van der Waals surface area contributed by atoms with Gasteiger partial charge in [-0.2, -0.15) is 13.2 Å². The summed E-state index contributed by atoms with van der Waals surface area (Å²) in [5.41, 5.74) is -0.472. The van der Waals surface area contributed by atoms with Gasteiger partial charge in [-0.15, -0.1) is 0 Å². The topological polar surface area (TPSA) is 18.5 Å². The van der Waals surface area contributed by atoms with E-state index in [1.807, 2.05) is 0 Å². The van der Waals surface area contributed by atoms with Gasteiger partial charge in [0.25, 0.3) is 0 Å². The van der Waals surface area contributed by atoms with Crippen LogP contribution in [-0.4, -0.2) is 25.7 Å². The maximum Gasteiger partial charge on any atom is 0.458 e. The smallest absolute Gasteiger partial charge is 0.352 e. The minimum absolute atomic E-state index is 0.00125. The molecular weight excluding hydrogens is 482 g/mol. The first-order valence-corrected chi connectivity index (χ1v) is 12.6. The lowest BCUT2D eigenvalue weighted by molar-refractivity contribution is -0.229. The van der Waals surface area contributed by atoms with Crippen LogP contribution in [0, 0.1) is 41.1 Å². The highest BCUT2D eigenvalue weighted by Gasteiger charge is 2.33. The first kappa shape index (κ1) is 26.8. The Balaban J connectivity index is 1.42. The molecule has 8 heteroatoms. The van der Waals surface area contributed by atoms with E-state index in [4.69, 9.17) is 9.47 Å². The number of benzene rings is 2. The molecule has 2 aromatic carbocycles. The average molecular weight is 513 g/mol. The molecule has 0 N–H and O–H groups in total. The Labute approximate surface area is 207 Å². The number of hydrogen-bond acceptors (Lipinski definition) is 2. The number of rotatable bonds is 6. The largest absolute Gasteiger partial charge is 0.458 e. The van der Waals surface area contributed by atoms with Gasteiger partial charge in [-0.3, -0.25) is 0 Å². The number of halogens is 6. The third-order valence-electron chi connectivity index (χ3n) is 7.27. The first-order chi connectivity index (χ1) is 17.2. The lowest BCUT2D eigenvalue weighted by Gasteiger charge is -2.37. The fourth-order valence-corrected chi connectivity index (χ4v) is 5.32. The van der Waals surface area contributed by atoms with Crippen LogP contribution in [0.4, 0.5) is 26.3 Å². The summed E-state index contributed by atoms with van der Waals surface area (Å²) in [6, 6.07) is 3.56. The quantitative estimate of drug-likeness (QED) is 0.222. The van der Waals surface area contributed by atoms with Crippen molar-refractivity contribution < 1.29 is 35.8 Å². The first-order valence-electron chi connectivity index (χ1n) is 12.6. The fraction of sp³-hybridized carbons (Fsp3) is 0.571. The summed E-state index contributed by atoms with van der Waals surface area (Å²) < 4.78 is 93.1. The van der Waals surface area contributed by atoms with Crippen molar-refractivity contribution in [3.8, 4) is 11.8 Å². The summed E-state index contributed by atoms with van der Waals surface area (Å²) in [5.74, 6) is -0.641. The second-order valence-electron chi connectivity index (χ2n) is 9.90. The zero-order valence-electron chi connectivity index (χ0n) is 20.2. The van der Waals surface area contributed by atoms with Gasteiger partial charge in [0.05, 0.1) is 24.2 Å². The van der Waals surface area contributed by atoms with Crippen molar-refractivity contribution in [3.05, 3.63) is 46.8 Å². The van der Waals surface area contributed by atoms with E-state index < -0.39 is 34.6 Å². The molecule has 2 nitrogen and oxygen atoms in total. The number of hydrogen-bond donors (Lipinski definition) is 0. The molecule has 2 fully saturated rings. The lowest BCUT2D eigenvalue weighted by Crippen LogP contribution is -2.38. The van der Waals surface area contributed by atoms with Gasteiger partial charge in [-0.25, -0.2) is 13.2 Å². The number of unbranched alkanes of at least 4 members (excludes halogenated alkanes) is 2. The van der Waals surface area contributed by atoms with Crippen LogP contribution in [0.1, 0.15) is 75.3 Å². The Kier molecular flexibility index (Phi) is 8.52. The maximum atomic E-state index is 14.9. The number of fused-ring (bicyclic) bond motifs is 1. The third kappa shape index (κ3) is 6.36. The standard InChI is InChI=1S/C28H30F6O2/c1-2-3-4-5-17-15-35-27(36-16-17)19-8-6-18(7-9-19)20-12-21-14-23(29)22(10-11-28(32,33)34)26(31)25(21)24(30)13-20/h12-14,17-19,27H,2-9,15-16H2,1H3. The van der Waals surface area contributed by atoms with Crippen LogP contribution in [-0.2, 0) is 9.47 Å². The molecule has 1 saturated heterocycles. The van der Waals surface area contributed by atoms with Crippen LogP contribution in [0.3, 0.4) is 0 Å². The van der Waals surface area contributed by atoms with E-state index in [9.17, 15) is 26.3 Å². The van der Waals surface area contributed by atoms with Gasteiger partial charge >= 0.3 is 6.18 Å². The zero-order valence-corrected chi connectivity index (χ0v) is 20.2. The van der Waals surface area contributed by atoms with Crippen LogP contribution >= 0.6 is 0 Å². The molecule has 2 aromatic rings. The third-order valence-corrected chi connectivity index (χ3v) is 7.27. The van der Waals surface area contributed by atoms with Crippen molar-refractivity contribution in [3.63, 3.8) is 0 Å². The van der Waals surface area contributed by atoms with Gasteiger partial charge in [0.2, 0.25) is 0 Å². The Morgan fingerprint density at radius 2 is 1.61 bits per heavy atom. The number of alkyl halides is 3. The van der Waals surface area contributed by atoms with Crippen molar-refractivity contribution in [2.24, 2.45) is 11.8 Å². The Hall–Kier alpha value is -2.24. The summed E-state index contributed by atoms with van der Waals surface area (Å²) in [5, 5.41) is -0.592. The molecule has 1 aliphatic carbocycles. The number of ether oxygens (including phenoxy) is 2. The predicted octanol–water partition coefficient (Wildman–Crippen LogP) is 8.01. The Morgan fingerprint density at radius 1 is 0.917 bits per heavy atom. The summed E-state index contributed by atoms with van der Waals surface area (Å²) in [6.07, 6.45) is 2.68. The molecule has 1 saturated carbocycles. The highest BCUT2D eigenvalue weighted by atomic mass is 19.4. The molecule has 0 bridgehead atoms. The van der Waals surface area contributed by atoms with Gasteiger partial charge in [0.15, 0.2) is 12.1 Å². The van der Waals surface area contributed by atoms with Crippen molar-refractivity contribution in [1.29, 1.82) is 0 Å². The molecule has 0 spiro atoms. The van der Waals surface area contributed by atoms with Crippen LogP contribution in [0.25, 0.3) is 10.8 Å². The van der Waals surface area contributed by atoms with E-state index in [1.165, 1.54) is 37.3 Å². The van der Waals surface area contributed by atoms with Gasteiger partial charge in [-0.05, 0) is 61.1 Å². The minimum atomic E-state index is -4.92. The van der Waals surface area contributed by atoms with Crippen LogP contribution in [0.2, 0.25) is 0 Å². The summed E-state index contributed by atoms with van der Waals surface area (Å²) >= 11 is 0. The van der Waals surface area contributed by atoms with Crippen molar-refractivity contribution in [1.82, 2.24) is 0 Å². The normalized spacial score (nSPS) is 25.0. The van der Waals surface area contributed by atoms with Gasteiger partial charge < -0.3 is 9.47 Å². The van der Waals surface area contributed by atoms with E-state index in [2.05, 4.69) is 6.92 Å². The van der Waals surface area contributed by atoms with Crippen molar-refractivity contribution in [2.45, 2.75) is 76.7 Å². The average Bonchev–Trinajstić information content (AvgIpc) is 2.83. The predicted molar refractivity (Wildman–Crippen MR) is 125 cm³/mol. The zero-order chi connectivity index (χ0) is 25.9. The lowest BCUT2D eigenvalue weighted by atomic mass is 9.78. The Morgan fingerprint density at radius 3 is 2.25 bits per heavy atom. The molecule has 0 aromatic heterocycles. The second kappa shape index (κ2) is 11.4. The summed E-state index contributed by atoms with van der Waals surface area (Å²) in [7, 11) is 0. The summed E-state index contributed by atoms with van der Waals surface area (Å²) in [4.78, 5) is 0. The van der Waals surface area contributed by atoms with Crippen LogP contribution in [0.15, 0.2) is 18.2 Å². The van der Waals surface area contributed by atoms with Gasteiger partial charge in [0.1, 0.15) is 11.6 Å². The van der Waals surface area contributed by atoms with E-state index >= 15 is 0 Å². The molecule has 0 amide bonds. The van der Waals surface area contributed by atoms with E-state index in [0.29, 0.717) is 24.7 Å². The SMILES string of the molecule is CCCCCC1COC(C2CCC(c3cc(F)c4c(F)c(C#CC(F)(F)F)c(F)cc4c3)CC2)OC1. The van der Waals surface area contributed by atoms with Crippen molar-refractivity contribution >= 4 is 10.8 Å². The molecule has 36 heavy (non-hydrogen) atoms. The monoisotopic (exact) mass is 512 g/mol. The molecule has 0 radical (unpaired) electrons. The molecule has 2 aliphatic rings. The minimum Gasteiger partial charge on any atom is -0.352 e. The highest BCUT2D eigenvalue weighted by Crippen LogP contribution is 2.40. The van der Waals surface area contributed by atoms with Crippen molar-refractivity contribution in [2.75, 3.05) is 13.2 Å². The molecule has 1 aliphatic heterocycles. The molecule has 0 unspecified atom stereocenters. The van der Waals surface area contributed by atoms with E-state index in [1.54, 1.807) is 0 Å². The molecule has 4 rings (SSSR count). The van der Waals surface area contributed by atoms with Gasteiger partial charge in [-0.1, -0.05) is 38.2 Å². The fourth-order valence-electron chi connectivity index (χ4n) is 5.32.